The van der Waals surface area contributed by atoms with Crippen molar-refractivity contribution in [2.24, 2.45) is 0 Å². The van der Waals surface area contributed by atoms with Gasteiger partial charge < -0.3 is 10.6 Å². The van der Waals surface area contributed by atoms with Crippen molar-refractivity contribution >= 4 is 46.4 Å². The third-order valence-corrected chi connectivity index (χ3v) is 3.73. The maximum absolute atomic E-state index is 12.1. The molecule has 2 aromatic carbocycles. The SMILES string of the molecule is O=C(Nc1ccc(Nc2ccccc2Cl)nn1)c1ccc(Cl)cc1. The van der Waals surface area contributed by atoms with Crippen molar-refractivity contribution in [3.05, 3.63) is 76.3 Å². The van der Waals surface area contributed by atoms with Gasteiger partial charge in [-0.1, -0.05) is 35.3 Å². The Bertz CT molecular complexity index is 851. The molecule has 1 aromatic heterocycles. The van der Waals surface area contributed by atoms with E-state index >= 15 is 0 Å². The molecular weight excluding hydrogens is 347 g/mol. The molecule has 3 rings (SSSR count). The highest BCUT2D eigenvalue weighted by Crippen LogP contribution is 2.23. The Balaban J connectivity index is 1.67. The minimum atomic E-state index is -0.284. The average Bonchev–Trinajstić information content (AvgIpc) is 2.59. The fraction of sp³-hybridized carbons (Fsp3) is 0. The van der Waals surface area contributed by atoms with E-state index < -0.39 is 0 Å². The number of carbonyl (C=O) groups is 1. The van der Waals surface area contributed by atoms with Gasteiger partial charge in [-0.3, -0.25) is 4.79 Å². The molecular formula is C17H12Cl2N4O. The Kier molecular flexibility index (Phi) is 4.93. The molecule has 0 aliphatic heterocycles. The van der Waals surface area contributed by atoms with Crippen molar-refractivity contribution in [1.82, 2.24) is 10.2 Å². The van der Waals surface area contributed by atoms with Crippen LogP contribution in [0.3, 0.4) is 0 Å². The standard InChI is InChI=1S/C17H12Cl2N4O/c18-12-7-5-11(6-8-12)17(24)21-16-10-9-15(22-23-16)20-14-4-2-1-3-13(14)19/h1-10H,(H,20,22)(H,21,23,24). The van der Waals surface area contributed by atoms with E-state index in [-0.39, 0.29) is 5.91 Å². The number of benzene rings is 2. The Hall–Kier alpha value is -2.63. The summed E-state index contributed by atoms with van der Waals surface area (Å²) in [6, 6.07) is 17.2. The lowest BCUT2D eigenvalue weighted by Gasteiger charge is -2.08. The first kappa shape index (κ1) is 16.2. The molecule has 2 N–H and O–H groups in total. The molecule has 0 bridgehead atoms. The molecule has 1 amide bonds. The fourth-order valence-corrected chi connectivity index (χ4v) is 2.26. The smallest absolute Gasteiger partial charge is 0.256 e. The summed E-state index contributed by atoms with van der Waals surface area (Å²) in [6.07, 6.45) is 0. The molecule has 0 aliphatic carbocycles. The largest absolute Gasteiger partial charge is 0.338 e. The van der Waals surface area contributed by atoms with E-state index in [1.807, 2.05) is 18.2 Å². The lowest BCUT2D eigenvalue weighted by Crippen LogP contribution is -2.13. The van der Waals surface area contributed by atoms with E-state index in [0.29, 0.717) is 27.2 Å². The van der Waals surface area contributed by atoms with Crippen LogP contribution in [0.15, 0.2) is 60.7 Å². The van der Waals surface area contributed by atoms with Crippen molar-refractivity contribution in [3.8, 4) is 0 Å². The van der Waals surface area contributed by atoms with Crippen LogP contribution >= 0.6 is 23.2 Å². The third kappa shape index (κ3) is 4.01. The second kappa shape index (κ2) is 7.29. The van der Waals surface area contributed by atoms with E-state index in [1.165, 1.54) is 0 Å². The third-order valence-electron chi connectivity index (χ3n) is 3.15. The summed E-state index contributed by atoms with van der Waals surface area (Å²) >= 11 is 11.9. The zero-order valence-corrected chi connectivity index (χ0v) is 13.8. The van der Waals surface area contributed by atoms with Gasteiger partial charge in [0.05, 0.1) is 10.7 Å². The molecule has 0 aliphatic rings. The normalized spacial score (nSPS) is 10.2. The molecule has 7 heteroatoms. The number of carbonyl (C=O) groups excluding carboxylic acids is 1. The molecule has 0 saturated carbocycles. The Morgan fingerprint density at radius 3 is 2.17 bits per heavy atom. The van der Waals surface area contributed by atoms with Gasteiger partial charge in [-0.25, -0.2) is 0 Å². The summed E-state index contributed by atoms with van der Waals surface area (Å²) in [5.41, 5.74) is 1.21. The van der Waals surface area contributed by atoms with Crippen LogP contribution in [0.5, 0.6) is 0 Å². The summed E-state index contributed by atoms with van der Waals surface area (Å²) in [5, 5.41) is 14.9. The number of hydrogen-bond donors (Lipinski definition) is 2. The van der Waals surface area contributed by atoms with Crippen molar-refractivity contribution in [2.75, 3.05) is 10.6 Å². The topological polar surface area (TPSA) is 66.9 Å². The first-order valence-corrected chi connectivity index (χ1v) is 7.79. The summed E-state index contributed by atoms with van der Waals surface area (Å²) in [7, 11) is 0. The van der Waals surface area contributed by atoms with Crippen LogP contribution in [0.25, 0.3) is 0 Å². The lowest BCUT2D eigenvalue weighted by molar-refractivity contribution is 0.102. The van der Waals surface area contributed by atoms with Crippen LogP contribution in [0.2, 0.25) is 10.0 Å². The number of rotatable bonds is 4. The molecule has 0 saturated heterocycles. The monoisotopic (exact) mass is 358 g/mol. The van der Waals surface area contributed by atoms with Crippen LogP contribution in [-0.4, -0.2) is 16.1 Å². The van der Waals surface area contributed by atoms with Gasteiger partial charge in [0.25, 0.3) is 5.91 Å². The number of anilines is 3. The van der Waals surface area contributed by atoms with Gasteiger partial charge in [-0.15, -0.1) is 10.2 Å². The van der Waals surface area contributed by atoms with E-state index in [4.69, 9.17) is 23.2 Å². The number of hydrogen-bond acceptors (Lipinski definition) is 4. The molecule has 0 unspecified atom stereocenters. The molecule has 5 nitrogen and oxygen atoms in total. The van der Waals surface area contributed by atoms with Gasteiger partial charge in [0.1, 0.15) is 0 Å². The lowest BCUT2D eigenvalue weighted by atomic mass is 10.2. The van der Waals surface area contributed by atoms with Crippen molar-refractivity contribution < 1.29 is 4.79 Å². The van der Waals surface area contributed by atoms with Crippen LogP contribution in [0, 0.1) is 0 Å². The number of aromatic nitrogens is 2. The van der Waals surface area contributed by atoms with Crippen LogP contribution in [-0.2, 0) is 0 Å². The number of nitrogens with zero attached hydrogens (tertiary/aromatic N) is 2. The van der Waals surface area contributed by atoms with E-state index in [9.17, 15) is 4.79 Å². The van der Waals surface area contributed by atoms with Gasteiger partial charge in [-0.05, 0) is 48.5 Å². The summed E-state index contributed by atoms with van der Waals surface area (Å²) < 4.78 is 0. The first-order valence-electron chi connectivity index (χ1n) is 7.04. The minimum absolute atomic E-state index is 0.284. The van der Waals surface area contributed by atoms with Gasteiger partial charge in [0, 0.05) is 10.6 Å². The number of amides is 1. The second-order valence-corrected chi connectivity index (χ2v) is 5.71. The summed E-state index contributed by atoms with van der Waals surface area (Å²) in [5.74, 6) is 0.583. The fourth-order valence-electron chi connectivity index (χ4n) is 1.96. The Labute approximate surface area is 148 Å². The highest BCUT2D eigenvalue weighted by Gasteiger charge is 2.07. The second-order valence-electron chi connectivity index (χ2n) is 4.87. The zero-order chi connectivity index (χ0) is 16.9. The highest BCUT2D eigenvalue weighted by molar-refractivity contribution is 6.33. The molecule has 120 valence electrons. The predicted octanol–water partition coefficient (Wildman–Crippen LogP) is 4.78. The maximum atomic E-state index is 12.1. The zero-order valence-electron chi connectivity index (χ0n) is 12.3. The number of nitrogens with one attached hydrogen (secondary N) is 2. The van der Waals surface area contributed by atoms with Crippen molar-refractivity contribution in [2.45, 2.75) is 0 Å². The number of para-hydroxylation sites is 1. The highest BCUT2D eigenvalue weighted by atomic mass is 35.5. The van der Waals surface area contributed by atoms with Gasteiger partial charge >= 0.3 is 0 Å². The Morgan fingerprint density at radius 2 is 1.50 bits per heavy atom. The van der Waals surface area contributed by atoms with Crippen LogP contribution < -0.4 is 10.6 Å². The van der Waals surface area contributed by atoms with E-state index in [2.05, 4.69) is 20.8 Å². The van der Waals surface area contributed by atoms with Crippen molar-refractivity contribution in [1.29, 1.82) is 0 Å². The van der Waals surface area contributed by atoms with Crippen LogP contribution in [0.4, 0.5) is 17.3 Å². The molecule has 0 fully saturated rings. The van der Waals surface area contributed by atoms with E-state index in [0.717, 1.165) is 5.69 Å². The Morgan fingerprint density at radius 1 is 0.833 bits per heavy atom. The summed E-state index contributed by atoms with van der Waals surface area (Å²) in [6.45, 7) is 0. The summed E-state index contributed by atoms with van der Waals surface area (Å²) in [4.78, 5) is 12.1. The van der Waals surface area contributed by atoms with Crippen molar-refractivity contribution in [3.63, 3.8) is 0 Å². The molecule has 3 aromatic rings. The maximum Gasteiger partial charge on any atom is 0.256 e. The average molecular weight is 359 g/mol. The first-order chi connectivity index (χ1) is 11.6. The predicted molar refractivity (Wildman–Crippen MR) is 96.2 cm³/mol. The quantitative estimate of drug-likeness (QED) is 0.704. The van der Waals surface area contributed by atoms with Gasteiger partial charge in [0.2, 0.25) is 0 Å². The molecule has 24 heavy (non-hydrogen) atoms. The van der Waals surface area contributed by atoms with Gasteiger partial charge in [-0.2, -0.15) is 0 Å². The van der Waals surface area contributed by atoms with Crippen LogP contribution in [0.1, 0.15) is 10.4 Å². The minimum Gasteiger partial charge on any atom is -0.338 e. The van der Waals surface area contributed by atoms with E-state index in [1.54, 1.807) is 42.5 Å². The molecule has 1 heterocycles. The molecule has 0 spiro atoms. The van der Waals surface area contributed by atoms with Gasteiger partial charge in [0.15, 0.2) is 11.6 Å². The number of halogens is 2. The molecule has 0 radical (unpaired) electrons. The molecule has 0 atom stereocenters.